The Morgan fingerprint density at radius 2 is 2.05 bits per heavy atom. The van der Waals surface area contributed by atoms with Gasteiger partial charge >= 0.3 is 5.97 Å². The van der Waals surface area contributed by atoms with Gasteiger partial charge in [0.25, 0.3) is 0 Å². The first-order valence-corrected chi connectivity index (χ1v) is 8.97. The molecule has 0 aliphatic carbocycles. The van der Waals surface area contributed by atoms with Crippen molar-refractivity contribution in [3.63, 3.8) is 0 Å². The molecule has 0 amide bonds. The van der Waals surface area contributed by atoms with E-state index in [-0.39, 0.29) is 16.2 Å². The monoisotopic (exact) mass is 392 g/mol. The number of halogens is 2. The van der Waals surface area contributed by atoms with Gasteiger partial charge in [-0.3, -0.25) is 0 Å². The number of aryl methyl sites for hydroxylation is 1. The lowest BCUT2D eigenvalue weighted by atomic mass is 10.1. The maximum atomic E-state index is 13.7. The molecular weight excluding hydrogens is 383 g/mol. The number of hydrogen-bond donors (Lipinski definition) is 1. The second-order valence-corrected chi connectivity index (χ2v) is 8.91. The maximum absolute atomic E-state index is 13.7. The highest BCUT2D eigenvalue weighted by atomic mass is 79.9. The molecule has 1 N–H and O–H groups in total. The Balaban J connectivity index is 2.47. The molecule has 0 atom stereocenters. The Morgan fingerprint density at radius 1 is 1.38 bits per heavy atom. The molecule has 2 rings (SSSR count). The normalized spacial score (nSPS) is 11.6. The second kappa shape index (κ2) is 5.86. The lowest BCUT2D eigenvalue weighted by Gasteiger charge is -2.07. The van der Waals surface area contributed by atoms with E-state index in [4.69, 9.17) is 5.11 Å². The van der Waals surface area contributed by atoms with Crippen LogP contribution >= 0.6 is 27.3 Å². The SMILES string of the molecule is Cc1cc(S(=O)(=O)Cc2ccc(Br)s2)cc(C(=O)O)c1F. The molecule has 0 bridgehead atoms. The third kappa shape index (κ3) is 3.50. The van der Waals surface area contributed by atoms with E-state index in [9.17, 15) is 17.6 Å². The number of hydrogen-bond acceptors (Lipinski definition) is 4. The number of sulfone groups is 1. The average Bonchev–Trinajstić information content (AvgIpc) is 2.76. The van der Waals surface area contributed by atoms with Gasteiger partial charge in [0.15, 0.2) is 9.84 Å². The van der Waals surface area contributed by atoms with Gasteiger partial charge in [0.1, 0.15) is 5.82 Å². The largest absolute Gasteiger partial charge is 0.478 e. The summed E-state index contributed by atoms with van der Waals surface area (Å²) < 4.78 is 39.1. The van der Waals surface area contributed by atoms with E-state index >= 15 is 0 Å². The van der Waals surface area contributed by atoms with Gasteiger partial charge in [-0.15, -0.1) is 11.3 Å². The molecule has 4 nitrogen and oxygen atoms in total. The van der Waals surface area contributed by atoms with Crippen molar-refractivity contribution in [1.29, 1.82) is 0 Å². The van der Waals surface area contributed by atoms with Crippen molar-refractivity contribution < 1.29 is 22.7 Å². The van der Waals surface area contributed by atoms with Gasteiger partial charge in [-0.1, -0.05) is 0 Å². The smallest absolute Gasteiger partial charge is 0.338 e. The van der Waals surface area contributed by atoms with E-state index in [1.165, 1.54) is 18.3 Å². The van der Waals surface area contributed by atoms with Gasteiger partial charge in [-0.05, 0) is 52.7 Å². The van der Waals surface area contributed by atoms with E-state index in [2.05, 4.69) is 15.9 Å². The molecule has 21 heavy (non-hydrogen) atoms. The highest BCUT2D eigenvalue weighted by molar-refractivity contribution is 9.11. The molecule has 0 aliphatic heterocycles. The minimum absolute atomic E-state index is 0.0131. The molecule has 1 aromatic carbocycles. The van der Waals surface area contributed by atoms with Crippen LogP contribution in [0.1, 0.15) is 20.8 Å². The van der Waals surface area contributed by atoms with Gasteiger partial charge in [-0.2, -0.15) is 0 Å². The van der Waals surface area contributed by atoms with Crippen LogP contribution in [-0.2, 0) is 15.6 Å². The van der Waals surface area contributed by atoms with E-state index < -0.39 is 27.2 Å². The Kier molecular flexibility index (Phi) is 4.50. The molecule has 0 aliphatic rings. The van der Waals surface area contributed by atoms with Gasteiger partial charge < -0.3 is 5.11 Å². The summed E-state index contributed by atoms with van der Waals surface area (Å²) >= 11 is 4.52. The summed E-state index contributed by atoms with van der Waals surface area (Å²) in [6, 6.07) is 5.41. The molecule has 2 aromatic rings. The molecule has 8 heteroatoms. The van der Waals surface area contributed by atoms with Crippen LogP contribution in [0.2, 0.25) is 0 Å². The number of thiophene rings is 1. The Hall–Kier alpha value is -1.25. The molecule has 0 radical (unpaired) electrons. The van der Waals surface area contributed by atoms with Crippen LogP contribution < -0.4 is 0 Å². The quantitative estimate of drug-likeness (QED) is 0.806. The van der Waals surface area contributed by atoms with E-state index in [0.717, 1.165) is 15.9 Å². The first kappa shape index (κ1) is 16.1. The van der Waals surface area contributed by atoms with Crippen LogP contribution in [0.5, 0.6) is 0 Å². The highest BCUT2D eigenvalue weighted by Crippen LogP contribution is 2.27. The highest BCUT2D eigenvalue weighted by Gasteiger charge is 2.22. The van der Waals surface area contributed by atoms with E-state index in [1.807, 2.05) is 0 Å². The number of carboxylic acids is 1. The third-order valence-electron chi connectivity index (χ3n) is 2.78. The van der Waals surface area contributed by atoms with Crippen LogP contribution in [0, 0.1) is 12.7 Å². The standard InChI is InChI=1S/C13H10BrFO4S2/c1-7-4-9(5-10(12(7)15)13(16)17)21(18,19)6-8-2-3-11(14)20-8/h2-5H,6H2,1H3,(H,16,17). The van der Waals surface area contributed by atoms with E-state index in [0.29, 0.717) is 4.88 Å². The number of benzene rings is 1. The van der Waals surface area contributed by atoms with Crippen molar-refractivity contribution in [2.24, 2.45) is 0 Å². The molecule has 0 spiro atoms. The Bertz CT molecular complexity index is 812. The zero-order valence-electron chi connectivity index (χ0n) is 10.8. The van der Waals surface area contributed by atoms with Crippen molar-refractivity contribution in [2.75, 3.05) is 0 Å². The fourth-order valence-corrected chi connectivity index (χ4v) is 5.04. The van der Waals surface area contributed by atoms with Crippen LogP contribution in [0.15, 0.2) is 32.9 Å². The fraction of sp³-hybridized carbons (Fsp3) is 0.154. The number of aromatic carboxylic acids is 1. The molecular formula is C13H10BrFO4S2. The van der Waals surface area contributed by atoms with E-state index in [1.54, 1.807) is 12.1 Å². The minimum atomic E-state index is -3.74. The van der Waals surface area contributed by atoms with Crippen molar-refractivity contribution >= 4 is 43.1 Å². The predicted octanol–water partition coefficient (Wildman–Crippen LogP) is 3.63. The number of carbonyl (C=O) groups is 1. The van der Waals surface area contributed by atoms with Crippen LogP contribution in [0.4, 0.5) is 4.39 Å². The lowest BCUT2D eigenvalue weighted by Crippen LogP contribution is -2.09. The zero-order valence-corrected chi connectivity index (χ0v) is 14.0. The topological polar surface area (TPSA) is 71.4 Å². The fourth-order valence-electron chi connectivity index (χ4n) is 1.77. The molecule has 1 heterocycles. The second-order valence-electron chi connectivity index (χ2n) is 4.37. The summed E-state index contributed by atoms with van der Waals surface area (Å²) in [5.41, 5.74) is -0.651. The van der Waals surface area contributed by atoms with Crippen molar-refractivity contribution in [3.05, 3.63) is 49.9 Å². The summed E-state index contributed by atoms with van der Waals surface area (Å²) in [5, 5.41) is 8.93. The Labute approximate surface area is 133 Å². The lowest BCUT2D eigenvalue weighted by molar-refractivity contribution is 0.0691. The van der Waals surface area contributed by atoms with Crippen molar-refractivity contribution in [1.82, 2.24) is 0 Å². The van der Waals surface area contributed by atoms with Crippen LogP contribution in [0.25, 0.3) is 0 Å². The Morgan fingerprint density at radius 3 is 2.57 bits per heavy atom. The summed E-state index contributed by atoms with van der Waals surface area (Å²) in [7, 11) is -3.74. The first-order chi connectivity index (χ1) is 9.70. The summed E-state index contributed by atoms with van der Waals surface area (Å²) in [6.45, 7) is 1.34. The van der Waals surface area contributed by atoms with Crippen molar-refractivity contribution in [3.8, 4) is 0 Å². The molecule has 0 saturated heterocycles. The number of carboxylic acid groups (broad SMARTS) is 1. The zero-order chi connectivity index (χ0) is 15.8. The van der Waals surface area contributed by atoms with Crippen LogP contribution in [-0.4, -0.2) is 19.5 Å². The molecule has 112 valence electrons. The minimum Gasteiger partial charge on any atom is -0.478 e. The molecule has 0 unspecified atom stereocenters. The molecule has 0 fully saturated rings. The van der Waals surface area contributed by atoms with Crippen molar-refractivity contribution in [2.45, 2.75) is 17.6 Å². The number of rotatable bonds is 4. The summed E-state index contributed by atoms with van der Waals surface area (Å²) in [5.74, 6) is -2.67. The van der Waals surface area contributed by atoms with Gasteiger partial charge in [0.05, 0.1) is 20.0 Å². The third-order valence-corrected chi connectivity index (χ3v) is 6.23. The average molecular weight is 393 g/mol. The first-order valence-electron chi connectivity index (χ1n) is 5.71. The molecule has 1 aromatic heterocycles. The van der Waals surface area contributed by atoms with Crippen LogP contribution in [0.3, 0.4) is 0 Å². The molecule has 0 saturated carbocycles. The van der Waals surface area contributed by atoms with Gasteiger partial charge in [-0.25, -0.2) is 17.6 Å². The maximum Gasteiger partial charge on any atom is 0.338 e. The summed E-state index contributed by atoms with van der Waals surface area (Å²) in [6.07, 6.45) is 0. The van der Waals surface area contributed by atoms with Gasteiger partial charge in [0, 0.05) is 4.88 Å². The predicted molar refractivity (Wildman–Crippen MR) is 81.0 cm³/mol. The van der Waals surface area contributed by atoms with Gasteiger partial charge in [0.2, 0.25) is 0 Å². The summed E-state index contributed by atoms with van der Waals surface area (Å²) in [4.78, 5) is 11.4.